The molecule has 0 bridgehead atoms. The van der Waals surface area contributed by atoms with Crippen LogP contribution < -0.4 is 5.73 Å². The lowest BCUT2D eigenvalue weighted by Gasteiger charge is -2.27. The van der Waals surface area contributed by atoms with Gasteiger partial charge in [-0.2, -0.15) is 0 Å². The molecule has 0 saturated heterocycles. The van der Waals surface area contributed by atoms with Gasteiger partial charge in [-0.25, -0.2) is 0 Å². The standard InChI is InChI=1S/C11H13NO2.ClH/c12-10-8-4-2-1-3-7(8)5-6-9(10)11(13)14;/h1-4,9-10H,5-6,12H2,(H,13,14);1H. The molecule has 2 rings (SSSR count). The molecule has 0 amide bonds. The van der Waals surface area contributed by atoms with Crippen molar-refractivity contribution in [3.63, 3.8) is 0 Å². The van der Waals surface area contributed by atoms with Gasteiger partial charge < -0.3 is 10.8 Å². The highest BCUT2D eigenvalue weighted by Crippen LogP contribution is 2.32. The summed E-state index contributed by atoms with van der Waals surface area (Å²) in [5, 5.41) is 8.95. The summed E-state index contributed by atoms with van der Waals surface area (Å²) in [6.45, 7) is 0. The molecule has 1 aromatic carbocycles. The van der Waals surface area contributed by atoms with E-state index in [-0.39, 0.29) is 18.4 Å². The minimum atomic E-state index is -0.785. The highest BCUT2D eigenvalue weighted by molar-refractivity contribution is 5.85. The molecule has 1 aliphatic rings. The number of carboxylic acid groups (broad SMARTS) is 1. The monoisotopic (exact) mass is 227 g/mol. The van der Waals surface area contributed by atoms with Crippen LogP contribution in [0.2, 0.25) is 0 Å². The van der Waals surface area contributed by atoms with E-state index in [1.807, 2.05) is 24.3 Å². The maximum Gasteiger partial charge on any atom is 0.308 e. The molecule has 2 unspecified atom stereocenters. The van der Waals surface area contributed by atoms with Crippen LogP contribution in [0.3, 0.4) is 0 Å². The first-order valence-electron chi connectivity index (χ1n) is 4.76. The fraction of sp³-hybridized carbons (Fsp3) is 0.364. The van der Waals surface area contributed by atoms with Gasteiger partial charge in [0.1, 0.15) is 0 Å². The molecule has 82 valence electrons. The van der Waals surface area contributed by atoms with Gasteiger partial charge in [0.2, 0.25) is 0 Å². The van der Waals surface area contributed by atoms with Crippen molar-refractivity contribution in [2.24, 2.45) is 11.7 Å². The summed E-state index contributed by atoms with van der Waals surface area (Å²) in [5.74, 6) is -1.21. The molecule has 4 heteroatoms. The Bertz CT molecular complexity index is 367. The zero-order chi connectivity index (χ0) is 10.1. The van der Waals surface area contributed by atoms with Crippen molar-refractivity contribution >= 4 is 18.4 Å². The SMILES string of the molecule is Cl.NC1c2ccccc2CCC1C(=O)O. The summed E-state index contributed by atoms with van der Waals surface area (Å²) in [4.78, 5) is 10.9. The Kier molecular flexibility index (Phi) is 3.72. The van der Waals surface area contributed by atoms with Gasteiger partial charge in [-0.3, -0.25) is 4.79 Å². The van der Waals surface area contributed by atoms with Crippen LogP contribution in [-0.2, 0) is 11.2 Å². The summed E-state index contributed by atoms with van der Waals surface area (Å²) in [6, 6.07) is 7.47. The first-order chi connectivity index (χ1) is 6.70. The van der Waals surface area contributed by atoms with Crippen LogP contribution in [0.1, 0.15) is 23.6 Å². The van der Waals surface area contributed by atoms with E-state index in [0.717, 1.165) is 12.0 Å². The van der Waals surface area contributed by atoms with Crippen molar-refractivity contribution in [1.82, 2.24) is 0 Å². The highest BCUT2D eigenvalue weighted by atomic mass is 35.5. The maximum absolute atomic E-state index is 10.9. The number of hydrogen-bond donors (Lipinski definition) is 2. The van der Waals surface area contributed by atoms with Crippen molar-refractivity contribution < 1.29 is 9.90 Å². The number of nitrogens with two attached hydrogens (primary N) is 1. The molecule has 3 N–H and O–H groups in total. The lowest BCUT2D eigenvalue weighted by molar-refractivity contribution is -0.143. The van der Waals surface area contributed by atoms with E-state index in [9.17, 15) is 4.79 Å². The summed E-state index contributed by atoms with van der Waals surface area (Å²) in [7, 11) is 0. The number of rotatable bonds is 1. The predicted molar refractivity (Wildman–Crippen MR) is 60.1 cm³/mol. The quantitative estimate of drug-likeness (QED) is 0.769. The molecule has 1 aliphatic carbocycles. The second kappa shape index (κ2) is 4.64. The largest absolute Gasteiger partial charge is 0.481 e. The number of benzene rings is 1. The number of halogens is 1. The number of carbonyl (C=O) groups is 1. The molecule has 0 aromatic heterocycles. The van der Waals surface area contributed by atoms with Gasteiger partial charge in [-0.05, 0) is 24.0 Å². The van der Waals surface area contributed by atoms with E-state index in [2.05, 4.69) is 0 Å². The maximum atomic E-state index is 10.9. The van der Waals surface area contributed by atoms with Crippen LogP contribution in [0, 0.1) is 5.92 Å². The van der Waals surface area contributed by atoms with E-state index in [1.165, 1.54) is 5.56 Å². The van der Waals surface area contributed by atoms with Gasteiger partial charge in [0.15, 0.2) is 0 Å². The third-order valence-corrected chi connectivity index (χ3v) is 2.89. The Balaban J connectivity index is 0.00000112. The lowest BCUT2D eigenvalue weighted by atomic mass is 9.80. The molecule has 2 atom stereocenters. The van der Waals surface area contributed by atoms with E-state index in [0.29, 0.717) is 6.42 Å². The second-order valence-electron chi connectivity index (χ2n) is 3.71. The van der Waals surface area contributed by atoms with Gasteiger partial charge >= 0.3 is 5.97 Å². The Hall–Kier alpha value is -1.06. The third-order valence-electron chi connectivity index (χ3n) is 2.89. The van der Waals surface area contributed by atoms with Gasteiger partial charge in [0.25, 0.3) is 0 Å². The Morgan fingerprint density at radius 1 is 1.40 bits per heavy atom. The van der Waals surface area contributed by atoms with Crippen molar-refractivity contribution in [2.45, 2.75) is 18.9 Å². The van der Waals surface area contributed by atoms with Crippen LogP contribution in [0.4, 0.5) is 0 Å². The van der Waals surface area contributed by atoms with Crippen LogP contribution in [0.5, 0.6) is 0 Å². The molecular weight excluding hydrogens is 214 g/mol. The molecule has 1 aromatic rings. The van der Waals surface area contributed by atoms with Crippen molar-refractivity contribution in [2.75, 3.05) is 0 Å². The molecular formula is C11H14ClNO2. The average molecular weight is 228 g/mol. The van der Waals surface area contributed by atoms with E-state index >= 15 is 0 Å². The Morgan fingerprint density at radius 3 is 2.73 bits per heavy atom. The van der Waals surface area contributed by atoms with Crippen LogP contribution in [0.15, 0.2) is 24.3 Å². The molecule has 3 nitrogen and oxygen atoms in total. The fourth-order valence-electron chi connectivity index (χ4n) is 2.07. The molecule has 0 fully saturated rings. The van der Waals surface area contributed by atoms with Crippen LogP contribution in [-0.4, -0.2) is 11.1 Å². The first kappa shape index (κ1) is 12.0. The molecule has 0 spiro atoms. The second-order valence-corrected chi connectivity index (χ2v) is 3.71. The third kappa shape index (κ3) is 2.13. The van der Waals surface area contributed by atoms with Crippen molar-refractivity contribution in [1.29, 1.82) is 0 Å². The first-order valence-corrected chi connectivity index (χ1v) is 4.76. The highest BCUT2D eigenvalue weighted by Gasteiger charge is 2.31. The average Bonchev–Trinajstić information content (AvgIpc) is 2.18. The van der Waals surface area contributed by atoms with Gasteiger partial charge in [-0.1, -0.05) is 24.3 Å². The molecule has 0 heterocycles. The van der Waals surface area contributed by atoms with E-state index in [4.69, 9.17) is 10.8 Å². The Labute approximate surface area is 94.7 Å². The minimum Gasteiger partial charge on any atom is -0.481 e. The number of aliphatic carboxylic acids is 1. The number of hydrogen-bond acceptors (Lipinski definition) is 2. The smallest absolute Gasteiger partial charge is 0.308 e. The lowest BCUT2D eigenvalue weighted by Crippen LogP contribution is -2.32. The minimum absolute atomic E-state index is 0. The molecule has 0 radical (unpaired) electrons. The number of aryl methyl sites for hydroxylation is 1. The zero-order valence-corrected chi connectivity index (χ0v) is 9.04. The normalized spacial score (nSPS) is 23.8. The van der Waals surface area contributed by atoms with Gasteiger partial charge in [0, 0.05) is 6.04 Å². The summed E-state index contributed by atoms with van der Waals surface area (Å²) < 4.78 is 0. The Morgan fingerprint density at radius 2 is 2.07 bits per heavy atom. The molecule has 15 heavy (non-hydrogen) atoms. The van der Waals surface area contributed by atoms with Crippen LogP contribution >= 0.6 is 12.4 Å². The fourth-order valence-corrected chi connectivity index (χ4v) is 2.07. The number of fused-ring (bicyclic) bond motifs is 1. The summed E-state index contributed by atoms with van der Waals surface area (Å²) >= 11 is 0. The van der Waals surface area contributed by atoms with Gasteiger partial charge in [0.05, 0.1) is 5.92 Å². The predicted octanol–water partition coefficient (Wildman–Crippen LogP) is 1.76. The number of carboxylic acids is 1. The van der Waals surface area contributed by atoms with Gasteiger partial charge in [-0.15, -0.1) is 12.4 Å². The van der Waals surface area contributed by atoms with E-state index in [1.54, 1.807) is 0 Å². The van der Waals surface area contributed by atoms with Crippen molar-refractivity contribution in [3.8, 4) is 0 Å². The van der Waals surface area contributed by atoms with Crippen molar-refractivity contribution in [3.05, 3.63) is 35.4 Å². The molecule has 0 saturated carbocycles. The topological polar surface area (TPSA) is 63.3 Å². The zero-order valence-electron chi connectivity index (χ0n) is 8.22. The van der Waals surface area contributed by atoms with Crippen LogP contribution in [0.25, 0.3) is 0 Å². The summed E-state index contributed by atoms with van der Waals surface area (Å²) in [6.07, 6.45) is 1.47. The molecule has 0 aliphatic heterocycles. The van der Waals surface area contributed by atoms with E-state index < -0.39 is 11.9 Å². The summed E-state index contributed by atoms with van der Waals surface area (Å²) in [5.41, 5.74) is 8.09.